The van der Waals surface area contributed by atoms with Crippen molar-refractivity contribution in [3.05, 3.63) is 70.4 Å². The molecule has 0 aliphatic carbocycles. The van der Waals surface area contributed by atoms with Crippen molar-refractivity contribution in [3.8, 4) is 11.8 Å². The second-order valence-corrected chi connectivity index (χ2v) is 6.09. The molecule has 2 aromatic carbocycles. The van der Waals surface area contributed by atoms with E-state index in [9.17, 15) is 10.1 Å². The van der Waals surface area contributed by atoms with E-state index in [1.807, 2.05) is 43.3 Å². The van der Waals surface area contributed by atoms with Gasteiger partial charge < -0.3 is 15.4 Å². The first-order valence-corrected chi connectivity index (χ1v) is 8.45. The summed E-state index contributed by atoms with van der Waals surface area (Å²) in [5, 5.41) is 15.6. The van der Waals surface area contributed by atoms with Crippen molar-refractivity contribution in [2.24, 2.45) is 0 Å². The van der Waals surface area contributed by atoms with Gasteiger partial charge in [-0.2, -0.15) is 5.26 Å². The van der Waals surface area contributed by atoms with E-state index in [1.165, 1.54) is 13.3 Å². The number of methoxy groups -OCH3 is 1. The second kappa shape index (κ2) is 9.50. The molecular weight excluding hydrogens is 350 g/mol. The fourth-order valence-electron chi connectivity index (χ4n) is 2.30. The lowest BCUT2D eigenvalue weighted by Crippen LogP contribution is -2.18. The number of ether oxygens (including phenoxy) is 1. The Morgan fingerprint density at radius 3 is 2.65 bits per heavy atom. The Morgan fingerprint density at radius 1 is 1.27 bits per heavy atom. The molecule has 134 valence electrons. The molecule has 5 nitrogen and oxygen atoms in total. The Labute approximate surface area is 158 Å². The first-order chi connectivity index (χ1) is 12.5. The average molecular weight is 370 g/mol. The number of hydrogen-bond donors (Lipinski definition) is 2. The van der Waals surface area contributed by atoms with Gasteiger partial charge in [-0.1, -0.05) is 29.8 Å². The molecular formula is C20H20ClN3O2. The topological polar surface area (TPSA) is 74.1 Å². The van der Waals surface area contributed by atoms with Gasteiger partial charge in [-0.15, -0.1) is 0 Å². The van der Waals surface area contributed by atoms with Gasteiger partial charge in [0.15, 0.2) is 0 Å². The maximum absolute atomic E-state index is 12.3. The highest BCUT2D eigenvalue weighted by molar-refractivity contribution is 6.30. The van der Waals surface area contributed by atoms with Crippen LogP contribution in [0.25, 0.3) is 0 Å². The third-order valence-corrected chi connectivity index (χ3v) is 3.94. The number of carbonyl (C=O) groups excluding carboxylic acids is 1. The molecule has 0 radical (unpaired) electrons. The zero-order valence-corrected chi connectivity index (χ0v) is 15.4. The molecule has 0 aliphatic heterocycles. The third-order valence-electron chi connectivity index (χ3n) is 3.69. The summed E-state index contributed by atoms with van der Waals surface area (Å²) in [6.45, 7) is 2.50. The third kappa shape index (κ3) is 5.54. The fourth-order valence-corrected chi connectivity index (χ4v) is 2.43. The number of amides is 1. The average Bonchev–Trinajstić information content (AvgIpc) is 2.63. The molecule has 0 bridgehead atoms. The summed E-state index contributed by atoms with van der Waals surface area (Å²) in [4.78, 5) is 12.3. The number of carbonyl (C=O) groups is 1. The minimum Gasteiger partial charge on any atom is -0.495 e. The predicted octanol–water partition coefficient (Wildman–Crippen LogP) is 3.84. The highest BCUT2D eigenvalue weighted by Gasteiger charge is 2.12. The summed E-state index contributed by atoms with van der Waals surface area (Å²) in [5.74, 6) is 0.0485. The summed E-state index contributed by atoms with van der Waals surface area (Å²) in [6.07, 6.45) is 2.17. The highest BCUT2D eigenvalue weighted by atomic mass is 35.5. The van der Waals surface area contributed by atoms with Crippen LogP contribution in [-0.2, 0) is 11.2 Å². The largest absolute Gasteiger partial charge is 0.495 e. The normalized spacial score (nSPS) is 10.8. The van der Waals surface area contributed by atoms with Crippen molar-refractivity contribution < 1.29 is 9.53 Å². The van der Waals surface area contributed by atoms with Crippen molar-refractivity contribution in [1.82, 2.24) is 5.32 Å². The van der Waals surface area contributed by atoms with E-state index in [1.54, 1.807) is 12.1 Å². The van der Waals surface area contributed by atoms with Crippen LogP contribution >= 0.6 is 11.6 Å². The zero-order chi connectivity index (χ0) is 18.9. The molecule has 2 aromatic rings. The van der Waals surface area contributed by atoms with E-state index in [-0.39, 0.29) is 5.57 Å². The smallest absolute Gasteiger partial charge is 0.267 e. The summed E-state index contributed by atoms with van der Waals surface area (Å²) < 4.78 is 5.23. The van der Waals surface area contributed by atoms with Crippen LogP contribution in [0.15, 0.2) is 54.2 Å². The van der Waals surface area contributed by atoms with Gasteiger partial charge in [-0.05, 0) is 48.7 Å². The summed E-state index contributed by atoms with van der Waals surface area (Å²) in [6, 6.07) is 14.9. The fraction of sp³-hybridized carbons (Fsp3) is 0.200. The molecule has 0 heterocycles. The zero-order valence-electron chi connectivity index (χ0n) is 14.7. The number of nitrogens with one attached hydrogen (secondary N) is 2. The summed E-state index contributed by atoms with van der Waals surface area (Å²) >= 11 is 5.85. The van der Waals surface area contributed by atoms with E-state index >= 15 is 0 Å². The van der Waals surface area contributed by atoms with Crippen molar-refractivity contribution in [2.75, 3.05) is 19.0 Å². The monoisotopic (exact) mass is 369 g/mol. The lowest BCUT2D eigenvalue weighted by atomic mass is 10.1. The van der Waals surface area contributed by atoms with Crippen LogP contribution in [0.2, 0.25) is 5.02 Å². The quantitative estimate of drug-likeness (QED) is 0.442. The molecule has 26 heavy (non-hydrogen) atoms. The molecule has 0 saturated heterocycles. The minimum atomic E-state index is -0.490. The van der Waals surface area contributed by atoms with E-state index in [0.717, 1.165) is 17.5 Å². The molecule has 0 atom stereocenters. The molecule has 0 aromatic heterocycles. The van der Waals surface area contributed by atoms with Crippen LogP contribution in [0.3, 0.4) is 0 Å². The van der Waals surface area contributed by atoms with Gasteiger partial charge in [0.05, 0.1) is 12.8 Å². The number of aryl methyl sites for hydroxylation is 1. The number of nitriles is 1. The maximum atomic E-state index is 12.3. The Kier molecular flexibility index (Phi) is 7.07. The summed E-state index contributed by atoms with van der Waals surface area (Å²) in [5.41, 5.74) is 2.61. The van der Waals surface area contributed by atoms with Crippen LogP contribution in [0.4, 0.5) is 5.69 Å². The van der Waals surface area contributed by atoms with Crippen LogP contribution < -0.4 is 15.4 Å². The minimum absolute atomic E-state index is 0.00957. The molecule has 0 saturated carbocycles. The number of hydrogen-bond acceptors (Lipinski definition) is 4. The van der Waals surface area contributed by atoms with E-state index in [2.05, 4.69) is 10.6 Å². The Hall–Kier alpha value is -2.97. The van der Waals surface area contributed by atoms with Gasteiger partial charge in [-0.3, -0.25) is 4.79 Å². The van der Waals surface area contributed by atoms with Crippen molar-refractivity contribution >= 4 is 23.2 Å². The standard InChI is InChI=1S/C20H20ClN3O2/c1-14-3-8-19(26-2)18(11-14)24-20(25)16(12-22)13-23-10-9-15-4-6-17(21)7-5-15/h3-8,11,13,23H,9-10H2,1-2H3,(H,24,25)/b16-13-. The highest BCUT2D eigenvalue weighted by Crippen LogP contribution is 2.25. The Bertz CT molecular complexity index is 839. The Morgan fingerprint density at radius 2 is 2.00 bits per heavy atom. The van der Waals surface area contributed by atoms with Crippen molar-refractivity contribution in [2.45, 2.75) is 13.3 Å². The van der Waals surface area contributed by atoms with Gasteiger partial charge in [0.1, 0.15) is 17.4 Å². The predicted molar refractivity (Wildman–Crippen MR) is 103 cm³/mol. The van der Waals surface area contributed by atoms with Crippen molar-refractivity contribution in [1.29, 1.82) is 5.26 Å². The molecule has 0 spiro atoms. The van der Waals surface area contributed by atoms with Gasteiger partial charge in [0.2, 0.25) is 0 Å². The molecule has 1 amide bonds. The van der Waals surface area contributed by atoms with E-state index < -0.39 is 5.91 Å². The van der Waals surface area contributed by atoms with Crippen LogP contribution in [0.5, 0.6) is 5.75 Å². The lowest BCUT2D eigenvalue weighted by molar-refractivity contribution is -0.112. The molecule has 2 rings (SSSR count). The van der Waals surface area contributed by atoms with Gasteiger partial charge in [0.25, 0.3) is 5.91 Å². The van der Waals surface area contributed by atoms with Crippen LogP contribution in [0.1, 0.15) is 11.1 Å². The maximum Gasteiger partial charge on any atom is 0.267 e. The summed E-state index contributed by atoms with van der Waals surface area (Å²) in [7, 11) is 1.53. The number of benzene rings is 2. The molecule has 0 aliphatic rings. The van der Waals surface area contributed by atoms with Gasteiger partial charge >= 0.3 is 0 Å². The first-order valence-electron chi connectivity index (χ1n) is 8.07. The van der Waals surface area contributed by atoms with Crippen molar-refractivity contribution in [3.63, 3.8) is 0 Å². The number of nitrogens with zero attached hydrogens (tertiary/aromatic N) is 1. The van der Waals surface area contributed by atoms with E-state index in [0.29, 0.717) is 23.0 Å². The number of halogens is 1. The van der Waals surface area contributed by atoms with Gasteiger partial charge in [0, 0.05) is 17.8 Å². The van der Waals surface area contributed by atoms with Crippen LogP contribution in [-0.4, -0.2) is 19.6 Å². The van der Waals surface area contributed by atoms with Crippen LogP contribution in [0, 0.1) is 18.3 Å². The molecule has 2 N–H and O–H groups in total. The lowest BCUT2D eigenvalue weighted by Gasteiger charge is -2.10. The van der Waals surface area contributed by atoms with Gasteiger partial charge in [-0.25, -0.2) is 0 Å². The van der Waals surface area contributed by atoms with E-state index in [4.69, 9.17) is 16.3 Å². The molecule has 6 heteroatoms. The first kappa shape index (κ1) is 19.4. The number of rotatable bonds is 7. The second-order valence-electron chi connectivity index (χ2n) is 5.66. The Balaban J connectivity index is 1.95. The SMILES string of the molecule is COc1ccc(C)cc1NC(=O)/C(C#N)=C\NCCc1ccc(Cl)cc1. The molecule has 0 unspecified atom stereocenters. The number of anilines is 1. The molecule has 0 fully saturated rings.